The standard InChI is InChI=1S/C62H40N2O/c1-2-15-51-43(12-1)24-25-46-38-47(31-36-52(46)51)53-16-3-7-20-58(53)63(49-34-28-42(29-35-49)45-30-37-57-56-19-6-10-23-61(56)65-62(57)40-45)48-32-26-41(27-33-48)44-13-11-14-50(39-44)64-59-21-8-4-17-54(59)55-18-5-9-22-60(55)64/h1-40H. The minimum absolute atomic E-state index is 0.896. The molecule has 0 atom stereocenters. The molecule has 3 heteroatoms. The molecule has 0 aliphatic rings. The highest BCUT2D eigenvalue weighted by Gasteiger charge is 2.19. The van der Waals surface area contributed by atoms with Gasteiger partial charge in [-0.15, -0.1) is 0 Å². The number of aromatic nitrogens is 1. The lowest BCUT2D eigenvalue weighted by molar-refractivity contribution is 0.669. The third-order valence-corrected chi connectivity index (χ3v) is 13.2. The van der Waals surface area contributed by atoms with Crippen LogP contribution in [-0.2, 0) is 0 Å². The lowest BCUT2D eigenvalue weighted by Gasteiger charge is -2.28. The van der Waals surface area contributed by atoms with Crippen LogP contribution in [0.25, 0.3) is 104 Å². The Balaban J connectivity index is 0.915. The van der Waals surface area contributed by atoms with Crippen LogP contribution in [0.1, 0.15) is 0 Å². The molecule has 13 rings (SSSR count). The van der Waals surface area contributed by atoms with Gasteiger partial charge in [-0.3, -0.25) is 0 Å². The summed E-state index contributed by atoms with van der Waals surface area (Å²) in [5, 5.41) is 9.80. The molecule has 0 amide bonds. The average molecular weight is 829 g/mol. The molecule has 0 radical (unpaired) electrons. The first-order chi connectivity index (χ1) is 32.2. The van der Waals surface area contributed by atoms with Crippen LogP contribution in [0, 0.1) is 0 Å². The molecule has 11 aromatic carbocycles. The molecule has 3 nitrogen and oxygen atoms in total. The number of benzene rings is 11. The van der Waals surface area contributed by atoms with E-state index in [1.807, 2.05) is 12.1 Å². The molecular formula is C62H40N2O. The largest absolute Gasteiger partial charge is 0.456 e. The Morgan fingerprint density at radius 2 is 0.846 bits per heavy atom. The number of para-hydroxylation sites is 4. The Labute approximate surface area is 376 Å². The van der Waals surface area contributed by atoms with Gasteiger partial charge in [-0.2, -0.15) is 0 Å². The van der Waals surface area contributed by atoms with Gasteiger partial charge in [0.25, 0.3) is 0 Å². The van der Waals surface area contributed by atoms with E-state index in [1.165, 1.54) is 48.9 Å². The Kier molecular flexibility index (Phi) is 8.53. The van der Waals surface area contributed by atoms with Gasteiger partial charge in [0.1, 0.15) is 11.2 Å². The highest BCUT2D eigenvalue weighted by Crippen LogP contribution is 2.43. The predicted octanol–water partition coefficient (Wildman–Crippen LogP) is 17.5. The molecule has 0 fully saturated rings. The summed E-state index contributed by atoms with van der Waals surface area (Å²) >= 11 is 0. The zero-order valence-corrected chi connectivity index (χ0v) is 35.4. The number of furan rings is 1. The molecule has 13 aromatic rings. The summed E-state index contributed by atoms with van der Waals surface area (Å²) in [5.74, 6) is 0. The molecule has 0 saturated heterocycles. The Morgan fingerprint density at radius 1 is 0.308 bits per heavy atom. The third kappa shape index (κ3) is 6.20. The van der Waals surface area contributed by atoms with Gasteiger partial charge in [-0.05, 0) is 128 Å². The van der Waals surface area contributed by atoms with Crippen molar-refractivity contribution in [3.05, 3.63) is 243 Å². The molecular weight excluding hydrogens is 789 g/mol. The number of hydrogen-bond donors (Lipinski definition) is 0. The van der Waals surface area contributed by atoms with E-state index in [0.29, 0.717) is 0 Å². The molecule has 0 saturated carbocycles. The smallest absolute Gasteiger partial charge is 0.136 e. The molecule has 0 bridgehead atoms. The first-order valence-corrected chi connectivity index (χ1v) is 22.2. The highest BCUT2D eigenvalue weighted by atomic mass is 16.3. The zero-order valence-electron chi connectivity index (χ0n) is 35.4. The van der Waals surface area contributed by atoms with Crippen LogP contribution in [0.15, 0.2) is 247 Å². The summed E-state index contributed by atoms with van der Waals surface area (Å²) in [7, 11) is 0. The van der Waals surface area contributed by atoms with Crippen molar-refractivity contribution in [3.8, 4) is 39.1 Å². The third-order valence-electron chi connectivity index (χ3n) is 13.2. The maximum absolute atomic E-state index is 6.29. The second-order valence-corrected chi connectivity index (χ2v) is 16.9. The lowest BCUT2D eigenvalue weighted by Crippen LogP contribution is -2.11. The van der Waals surface area contributed by atoms with Crippen LogP contribution in [0.5, 0.6) is 0 Å². The molecule has 2 heterocycles. The fourth-order valence-corrected chi connectivity index (χ4v) is 10.1. The molecule has 0 aliphatic heterocycles. The molecule has 0 spiro atoms. The molecule has 65 heavy (non-hydrogen) atoms. The molecule has 304 valence electrons. The van der Waals surface area contributed by atoms with E-state index in [4.69, 9.17) is 4.42 Å². The topological polar surface area (TPSA) is 21.3 Å². The van der Waals surface area contributed by atoms with Crippen LogP contribution in [0.4, 0.5) is 17.1 Å². The van der Waals surface area contributed by atoms with Gasteiger partial charge in [-0.25, -0.2) is 0 Å². The summed E-state index contributed by atoms with van der Waals surface area (Å²) in [6.07, 6.45) is 0. The van der Waals surface area contributed by atoms with Crippen LogP contribution >= 0.6 is 0 Å². The van der Waals surface area contributed by atoms with Crippen molar-refractivity contribution in [3.63, 3.8) is 0 Å². The van der Waals surface area contributed by atoms with Crippen LogP contribution in [0.2, 0.25) is 0 Å². The van der Waals surface area contributed by atoms with Gasteiger partial charge < -0.3 is 13.9 Å². The van der Waals surface area contributed by atoms with Crippen LogP contribution < -0.4 is 4.90 Å². The van der Waals surface area contributed by atoms with Crippen molar-refractivity contribution in [1.82, 2.24) is 4.57 Å². The Hall–Kier alpha value is -8.66. The zero-order chi connectivity index (χ0) is 42.8. The second-order valence-electron chi connectivity index (χ2n) is 16.9. The minimum atomic E-state index is 0.896. The summed E-state index contributed by atoms with van der Waals surface area (Å²) < 4.78 is 8.67. The number of rotatable bonds is 7. The molecule has 2 aromatic heterocycles. The van der Waals surface area contributed by atoms with E-state index in [1.54, 1.807) is 0 Å². The fraction of sp³-hybridized carbons (Fsp3) is 0. The van der Waals surface area contributed by atoms with Gasteiger partial charge in [0.05, 0.1) is 16.7 Å². The fourth-order valence-electron chi connectivity index (χ4n) is 10.1. The average Bonchev–Trinajstić information content (AvgIpc) is 3.92. The van der Waals surface area contributed by atoms with E-state index in [9.17, 15) is 0 Å². The van der Waals surface area contributed by atoms with Crippen molar-refractivity contribution in [1.29, 1.82) is 0 Å². The normalized spacial score (nSPS) is 11.7. The number of fused-ring (bicyclic) bond motifs is 9. The minimum Gasteiger partial charge on any atom is -0.456 e. The summed E-state index contributed by atoms with van der Waals surface area (Å²) in [5.41, 5.74) is 15.5. The van der Waals surface area contributed by atoms with E-state index in [0.717, 1.165) is 72.5 Å². The van der Waals surface area contributed by atoms with E-state index in [-0.39, 0.29) is 0 Å². The first-order valence-electron chi connectivity index (χ1n) is 22.2. The highest BCUT2D eigenvalue weighted by molar-refractivity contribution is 6.10. The van der Waals surface area contributed by atoms with Gasteiger partial charge >= 0.3 is 0 Å². The lowest BCUT2D eigenvalue weighted by atomic mass is 9.96. The van der Waals surface area contributed by atoms with Gasteiger partial charge in [-0.1, -0.05) is 164 Å². The van der Waals surface area contributed by atoms with E-state index in [2.05, 4.69) is 240 Å². The summed E-state index contributed by atoms with van der Waals surface area (Å²) in [4.78, 5) is 2.39. The second kappa shape index (κ2) is 15.0. The monoisotopic (exact) mass is 828 g/mol. The summed E-state index contributed by atoms with van der Waals surface area (Å²) in [6.45, 7) is 0. The van der Waals surface area contributed by atoms with Crippen molar-refractivity contribution >= 4 is 82.4 Å². The van der Waals surface area contributed by atoms with Crippen molar-refractivity contribution in [2.75, 3.05) is 4.90 Å². The number of anilines is 3. The molecule has 0 unspecified atom stereocenters. The van der Waals surface area contributed by atoms with E-state index >= 15 is 0 Å². The quantitative estimate of drug-likeness (QED) is 0.149. The maximum atomic E-state index is 6.29. The van der Waals surface area contributed by atoms with Crippen molar-refractivity contribution < 1.29 is 4.42 Å². The van der Waals surface area contributed by atoms with Gasteiger partial charge in [0, 0.05) is 44.2 Å². The number of nitrogens with zero attached hydrogens (tertiary/aromatic N) is 2. The maximum Gasteiger partial charge on any atom is 0.136 e. The van der Waals surface area contributed by atoms with Crippen molar-refractivity contribution in [2.24, 2.45) is 0 Å². The SMILES string of the molecule is c1cc(-c2ccc(N(c3ccc(-c4ccc5c(c4)oc4ccccc45)cc3)c3ccccc3-c3ccc4c(ccc5ccccc54)c3)cc2)cc(-n2c3ccccc3c3ccccc32)c1. The first kappa shape index (κ1) is 36.9. The Morgan fingerprint density at radius 3 is 1.60 bits per heavy atom. The van der Waals surface area contributed by atoms with Crippen LogP contribution in [0.3, 0.4) is 0 Å². The Bertz CT molecular complexity index is 3900. The predicted molar refractivity (Wildman–Crippen MR) is 274 cm³/mol. The van der Waals surface area contributed by atoms with Gasteiger partial charge in [0.15, 0.2) is 0 Å². The molecule has 0 N–H and O–H groups in total. The van der Waals surface area contributed by atoms with Crippen molar-refractivity contribution in [2.45, 2.75) is 0 Å². The number of hydrogen-bond acceptors (Lipinski definition) is 2. The summed E-state index contributed by atoms with van der Waals surface area (Å²) in [6, 6.07) is 87.8. The van der Waals surface area contributed by atoms with Crippen LogP contribution in [-0.4, -0.2) is 4.57 Å². The van der Waals surface area contributed by atoms with Gasteiger partial charge in [0.2, 0.25) is 0 Å². The molecule has 0 aliphatic carbocycles. The van der Waals surface area contributed by atoms with E-state index < -0.39 is 0 Å².